The zero-order valence-electron chi connectivity index (χ0n) is 13.4. The molecule has 1 atom stereocenters. The number of rotatable bonds is 4. The largest absolute Gasteiger partial charge is 0.468 e. The van der Waals surface area contributed by atoms with E-state index in [-0.39, 0.29) is 24.6 Å². The minimum Gasteiger partial charge on any atom is -0.468 e. The van der Waals surface area contributed by atoms with E-state index in [1.54, 1.807) is 25.7 Å². The van der Waals surface area contributed by atoms with Crippen LogP contribution in [0.4, 0.5) is 4.79 Å². The van der Waals surface area contributed by atoms with Gasteiger partial charge in [-0.3, -0.25) is 9.69 Å². The van der Waals surface area contributed by atoms with Gasteiger partial charge in [0.2, 0.25) is 0 Å². The number of nitrogens with one attached hydrogen (secondary N) is 1. The fourth-order valence-corrected chi connectivity index (χ4v) is 3.59. The van der Waals surface area contributed by atoms with Crippen LogP contribution in [0.1, 0.15) is 20.8 Å². The number of hydrogen-bond acceptors (Lipinski definition) is 7. The van der Waals surface area contributed by atoms with Gasteiger partial charge in [-0.2, -0.15) is 0 Å². The molecule has 128 valence electrons. The molecule has 0 aromatic carbocycles. The van der Waals surface area contributed by atoms with Crippen molar-refractivity contribution in [2.75, 3.05) is 38.2 Å². The van der Waals surface area contributed by atoms with Gasteiger partial charge in [0.05, 0.1) is 18.6 Å². The summed E-state index contributed by atoms with van der Waals surface area (Å²) in [5.74, 6) is -0.848. The molecule has 0 aromatic heterocycles. The molecule has 1 unspecified atom stereocenters. The molecule has 1 heterocycles. The highest BCUT2D eigenvalue weighted by atomic mass is 32.2. The van der Waals surface area contributed by atoms with Crippen LogP contribution in [-0.4, -0.2) is 75.3 Å². The molecule has 22 heavy (non-hydrogen) atoms. The third-order valence-corrected chi connectivity index (χ3v) is 4.71. The minimum atomic E-state index is -3.24. The fraction of sp³-hybridized carbons (Fsp3) is 0.846. The Labute approximate surface area is 131 Å². The van der Waals surface area contributed by atoms with Gasteiger partial charge >= 0.3 is 12.1 Å². The fourth-order valence-electron chi connectivity index (χ4n) is 2.08. The lowest BCUT2D eigenvalue weighted by Gasteiger charge is -2.33. The van der Waals surface area contributed by atoms with Crippen LogP contribution in [0.25, 0.3) is 0 Å². The lowest BCUT2D eigenvalue weighted by atomic mass is 10.2. The maximum absolute atomic E-state index is 11.7. The molecular formula is C13H24N2O6S. The quantitative estimate of drug-likeness (QED) is 0.708. The van der Waals surface area contributed by atoms with Crippen LogP contribution in [0.2, 0.25) is 0 Å². The van der Waals surface area contributed by atoms with Crippen LogP contribution in [-0.2, 0) is 24.1 Å². The number of sulfone groups is 1. The van der Waals surface area contributed by atoms with E-state index >= 15 is 0 Å². The van der Waals surface area contributed by atoms with Crippen molar-refractivity contribution in [3.05, 3.63) is 0 Å². The molecule has 1 saturated heterocycles. The molecule has 0 aliphatic carbocycles. The molecule has 0 radical (unpaired) electrons. The zero-order chi connectivity index (χ0) is 17.0. The second kappa shape index (κ2) is 7.28. The molecule has 0 bridgehead atoms. The molecule has 1 fully saturated rings. The predicted molar refractivity (Wildman–Crippen MR) is 80.3 cm³/mol. The van der Waals surface area contributed by atoms with Crippen molar-refractivity contribution in [3.8, 4) is 0 Å². The SMILES string of the molecule is COC(=O)C1CS(=O)(=O)CCN1CCNC(=O)OC(C)(C)C. The Kier molecular flexibility index (Phi) is 6.18. The van der Waals surface area contributed by atoms with Gasteiger partial charge in [-0.25, -0.2) is 13.2 Å². The van der Waals surface area contributed by atoms with Gasteiger partial charge in [0.1, 0.15) is 11.6 Å². The summed E-state index contributed by atoms with van der Waals surface area (Å²) in [5.41, 5.74) is -0.585. The zero-order valence-corrected chi connectivity index (χ0v) is 14.2. The number of carbonyl (C=O) groups excluding carboxylic acids is 2. The monoisotopic (exact) mass is 336 g/mol. The molecule has 1 amide bonds. The molecule has 0 spiro atoms. The van der Waals surface area contributed by atoms with Crippen LogP contribution < -0.4 is 5.32 Å². The molecule has 1 aliphatic heterocycles. The van der Waals surface area contributed by atoms with Crippen molar-refractivity contribution < 1.29 is 27.5 Å². The van der Waals surface area contributed by atoms with Crippen LogP contribution in [0.3, 0.4) is 0 Å². The first-order valence-electron chi connectivity index (χ1n) is 7.03. The Balaban J connectivity index is 2.53. The van der Waals surface area contributed by atoms with E-state index in [2.05, 4.69) is 10.1 Å². The predicted octanol–water partition coefficient (Wildman–Crippen LogP) is -0.217. The highest BCUT2D eigenvalue weighted by molar-refractivity contribution is 7.91. The summed E-state index contributed by atoms with van der Waals surface area (Å²) in [5, 5.41) is 2.58. The number of alkyl carbamates (subject to hydrolysis) is 1. The Hall–Kier alpha value is -1.35. The second-order valence-corrected chi connectivity index (χ2v) is 8.35. The highest BCUT2D eigenvalue weighted by Gasteiger charge is 2.36. The van der Waals surface area contributed by atoms with E-state index in [4.69, 9.17) is 4.74 Å². The molecule has 8 nitrogen and oxygen atoms in total. The number of amides is 1. The van der Waals surface area contributed by atoms with Gasteiger partial charge in [0.25, 0.3) is 0 Å². The lowest BCUT2D eigenvalue weighted by molar-refractivity contribution is -0.146. The number of esters is 1. The first-order valence-corrected chi connectivity index (χ1v) is 8.85. The summed E-state index contributed by atoms with van der Waals surface area (Å²) >= 11 is 0. The summed E-state index contributed by atoms with van der Waals surface area (Å²) in [6.07, 6.45) is -0.549. The summed E-state index contributed by atoms with van der Waals surface area (Å²) in [4.78, 5) is 24.9. The van der Waals surface area contributed by atoms with Gasteiger partial charge < -0.3 is 14.8 Å². The summed E-state index contributed by atoms with van der Waals surface area (Å²) in [6, 6.07) is -0.829. The number of hydrogen-bond donors (Lipinski definition) is 1. The van der Waals surface area contributed by atoms with Gasteiger partial charge in [0, 0.05) is 19.6 Å². The third-order valence-electron chi connectivity index (χ3n) is 3.08. The second-order valence-electron chi connectivity index (χ2n) is 6.12. The summed E-state index contributed by atoms with van der Waals surface area (Å²) < 4.78 is 33.0. The van der Waals surface area contributed by atoms with Crippen LogP contribution >= 0.6 is 0 Å². The van der Waals surface area contributed by atoms with E-state index in [1.807, 2.05) is 0 Å². The van der Waals surface area contributed by atoms with Gasteiger partial charge in [-0.15, -0.1) is 0 Å². The molecule has 9 heteroatoms. The normalized spacial score (nSPS) is 21.9. The van der Waals surface area contributed by atoms with Crippen molar-refractivity contribution in [2.24, 2.45) is 0 Å². The van der Waals surface area contributed by atoms with E-state index in [1.165, 1.54) is 7.11 Å². The van der Waals surface area contributed by atoms with Crippen molar-refractivity contribution >= 4 is 21.9 Å². The van der Waals surface area contributed by atoms with Crippen molar-refractivity contribution in [2.45, 2.75) is 32.4 Å². The van der Waals surface area contributed by atoms with Gasteiger partial charge in [-0.05, 0) is 20.8 Å². The number of methoxy groups -OCH3 is 1. The minimum absolute atomic E-state index is 0.00701. The van der Waals surface area contributed by atoms with Crippen molar-refractivity contribution in [1.82, 2.24) is 10.2 Å². The molecular weight excluding hydrogens is 312 g/mol. The van der Waals surface area contributed by atoms with E-state index < -0.39 is 33.5 Å². The van der Waals surface area contributed by atoms with Crippen LogP contribution in [0.15, 0.2) is 0 Å². The average Bonchev–Trinajstić information content (AvgIpc) is 2.37. The lowest BCUT2D eigenvalue weighted by Crippen LogP contribution is -2.54. The third kappa shape index (κ3) is 6.18. The van der Waals surface area contributed by atoms with Gasteiger partial charge in [-0.1, -0.05) is 0 Å². The summed E-state index contributed by atoms with van der Waals surface area (Å²) in [7, 11) is -2.02. The smallest absolute Gasteiger partial charge is 0.407 e. The first kappa shape index (κ1) is 18.7. The summed E-state index contributed by atoms with van der Waals surface area (Å²) in [6.45, 7) is 6.11. The van der Waals surface area contributed by atoms with Crippen LogP contribution in [0.5, 0.6) is 0 Å². The van der Waals surface area contributed by atoms with E-state index in [9.17, 15) is 18.0 Å². The maximum Gasteiger partial charge on any atom is 0.407 e. The van der Waals surface area contributed by atoms with Crippen LogP contribution in [0, 0.1) is 0 Å². The van der Waals surface area contributed by atoms with E-state index in [0.717, 1.165) is 0 Å². The van der Waals surface area contributed by atoms with Crippen molar-refractivity contribution in [3.63, 3.8) is 0 Å². The molecule has 1 N–H and O–H groups in total. The van der Waals surface area contributed by atoms with Crippen molar-refractivity contribution in [1.29, 1.82) is 0 Å². The van der Waals surface area contributed by atoms with E-state index in [0.29, 0.717) is 6.54 Å². The molecule has 0 aromatic rings. The Bertz CT molecular complexity index is 511. The standard InChI is InChI=1S/C13H24N2O6S/c1-13(2,3)21-12(17)14-5-6-15-7-8-22(18,19)9-10(15)11(16)20-4/h10H,5-9H2,1-4H3,(H,14,17). The van der Waals surface area contributed by atoms with Gasteiger partial charge in [0.15, 0.2) is 9.84 Å². The molecule has 1 aliphatic rings. The number of nitrogens with zero attached hydrogens (tertiary/aromatic N) is 1. The Morgan fingerprint density at radius 1 is 1.32 bits per heavy atom. The Morgan fingerprint density at radius 3 is 2.50 bits per heavy atom. The average molecular weight is 336 g/mol. The first-order chi connectivity index (χ1) is 10.0. The number of carbonyl (C=O) groups is 2. The Morgan fingerprint density at radius 2 is 1.95 bits per heavy atom. The highest BCUT2D eigenvalue weighted by Crippen LogP contribution is 2.13. The molecule has 0 saturated carbocycles. The molecule has 1 rings (SSSR count). The topological polar surface area (TPSA) is 102 Å². The maximum atomic E-state index is 11.7. The number of ether oxygens (including phenoxy) is 2.